The van der Waals surface area contributed by atoms with Gasteiger partial charge in [-0.3, -0.25) is 14.5 Å². The normalized spacial score (nSPS) is 13.2. The van der Waals surface area contributed by atoms with Crippen LogP contribution in [0.1, 0.15) is 67.5 Å². The smallest absolute Gasteiger partial charge is 0.250 e. The van der Waals surface area contributed by atoms with E-state index in [1.807, 2.05) is 49.5 Å². The predicted octanol–water partition coefficient (Wildman–Crippen LogP) is 6.39. The fourth-order valence-electron chi connectivity index (χ4n) is 7.15. The average Bonchev–Trinajstić information content (AvgIpc) is 3.85. The first kappa shape index (κ1) is 35.9. The summed E-state index contributed by atoms with van der Waals surface area (Å²) in [5.41, 5.74) is 8.68. The van der Waals surface area contributed by atoms with Crippen LogP contribution in [0.15, 0.2) is 67.0 Å². The Bertz CT molecular complexity index is 2020. The maximum Gasteiger partial charge on any atom is 0.250 e. The number of carbonyl (C=O) groups excluding carboxylic acids is 2. The predicted molar refractivity (Wildman–Crippen MR) is 202 cm³/mol. The number of rotatable bonds is 16. The average molecular weight is 718 g/mol. The number of hydrogen-bond donors (Lipinski definition) is 3. The highest BCUT2D eigenvalue weighted by atomic mass is 16.5. The molecule has 5 aromatic rings. The number of imidazole rings is 2. The molecule has 53 heavy (non-hydrogen) atoms. The molecule has 2 aromatic heterocycles. The van der Waals surface area contributed by atoms with E-state index in [2.05, 4.69) is 62.3 Å². The SMILES string of the molecule is CCCN(C)Cc1ncc(-c2cc3c4c(c2)OCc2cc(-c5cnc(CN(CCC)C(=O)[C@H](NC(=O)CCOC)c6ccccc6)[nH]5)cc(c2-4)OC3)[nH]1. The number of amides is 2. The summed E-state index contributed by atoms with van der Waals surface area (Å²) in [4.78, 5) is 47.0. The van der Waals surface area contributed by atoms with E-state index in [-0.39, 0.29) is 31.4 Å². The summed E-state index contributed by atoms with van der Waals surface area (Å²) in [6.45, 7) is 7.84. The molecule has 0 saturated heterocycles. The number of aromatic nitrogens is 4. The van der Waals surface area contributed by atoms with Gasteiger partial charge in [-0.05, 0) is 56.3 Å². The van der Waals surface area contributed by atoms with Crippen molar-refractivity contribution < 1.29 is 23.8 Å². The number of carbonyl (C=O) groups is 2. The molecule has 0 fully saturated rings. The molecule has 1 atom stereocenters. The van der Waals surface area contributed by atoms with Gasteiger partial charge in [-0.1, -0.05) is 44.2 Å². The van der Waals surface area contributed by atoms with E-state index >= 15 is 0 Å². The Hall–Kier alpha value is -5.46. The summed E-state index contributed by atoms with van der Waals surface area (Å²) in [5.74, 6) is 2.78. The van der Waals surface area contributed by atoms with Crippen molar-refractivity contribution in [1.29, 1.82) is 0 Å². The minimum Gasteiger partial charge on any atom is -0.488 e. The number of aromatic amines is 2. The zero-order valence-corrected chi connectivity index (χ0v) is 30.8. The van der Waals surface area contributed by atoms with Crippen LogP contribution in [0.4, 0.5) is 0 Å². The van der Waals surface area contributed by atoms with Gasteiger partial charge in [-0.25, -0.2) is 9.97 Å². The van der Waals surface area contributed by atoms with Crippen molar-refractivity contribution in [3.63, 3.8) is 0 Å². The lowest BCUT2D eigenvalue weighted by atomic mass is 9.87. The van der Waals surface area contributed by atoms with Gasteiger partial charge in [0, 0.05) is 53.5 Å². The van der Waals surface area contributed by atoms with E-state index in [0.717, 1.165) is 93.6 Å². The van der Waals surface area contributed by atoms with Crippen molar-refractivity contribution in [2.24, 2.45) is 0 Å². The summed E-state index contributed by atoms with van der Waals surface area (Å²) in [6, 6.07) is 16.9. The molecule has 4 heterocycles. The fourth-order valence-corrected chi connectivity index (χ4v) is 7.15. The molecular weight excluding hydrogens is 670 g/mol. The first-order valence-electron chi connectivity index (χ1n) is 18.3. The summed E-state index contributed by atoms with van der Waals surface area (Å²) >= 11 is 0. The third-order valence-electron chi connectivity index (χ3n) is 9.65. The number of nitrogens with one attached hydrogen (secondary N) is 3. The third-order valence-corrected chi connectivity index (χ3v) is 9.65. The Balaban J connectivity index is 1.11. The van der Waals surface area contributed by atoms with Crippen molar-refractivity contribution in [3.05, 3.63) is 95.3 Å². The second-order valence-corrected chi connectivity index (χ2v) is 13.7. The fraction of sp³-hybridized carbons (Fsp3) is 0.366. The van der Waals surface area contributed by atoms with Crippen LogP contribution in [0.3, 0.4) is 0 Å². The standard InChI is InChI=1S/C41H47N7O5/c1-5-13-47(3)22-35-42-20-31(44-35)27-16-29-24-53-34-19-28(17-30-25-52-33(18-27)38(29)39(30)34)32-21-43-36(45-32)23-48(14-6-2)41(50)40(26-10-8-7-9-11-26)46-37(49)12-15-51-4/h7-11,16-21,40H,5-6,12-15,22-25H2,1-4H3,(H,42,44)(H,43,45)(H,46,49)/t40-/m1/s1. The Morgan fingerprint density at radius 3 is 2.00 bits per heavy atom. The van der Waals surface area contributed by atoms with Crippen LogP contribution >= 0.6 is 0 Å². The van der Waals surface area contributed by atoms with E-state index < -0.39 is 6.04 Å². The first-order chi connectivity index (χ1) is 25.8. The van der Waals surface area contributed by atoms with Crippen LogP contribution in [0, 0.1) is 0 Å². The summed E-state index contributed by atoms with van der Waals surface area (Å²) in [7, 11) is 3.65. The van der Waals surface area contributed by atoms with Crippen LogP contribution in [-0.4, -0.2) is 75.4 Å². The third kappa shape index (κ3) is 7.84. The van der Waals surface area contributed by atoms with Gasteiger partial charge in [0.05, 0.1) is 43.5 Å². The first-order valence-corrected chi connectivity index (χ1v) is 18.3. The molecular formula is C41H47N7O5. The van der Waals surface area contributed by atoms with Crippen LogP contribution in [0.5, 0.6) is 11.5 Å². The molecule has 0 bridgehead atoms. The Morgan fingerprint density at radius 1 is 0.849 bits per heavy atom. The highest BCUT2D eigenvalue weighted by Gasteiger charge is 2.31. The lowest BCUT2D eigenvalue weighted by Gasteiger charge is -2.30. The Morgan fingerprint density at radius 2 is 1.43 bits per heavy atom. The van der Waals surface area contributed by atoms with Crippen LogP contribution in [-0.2, 0) is 40.6 Å². The van der Waals surface area contributed by atoms with Gasteiger partial charge in [-0.15, -0.1) is 0 Å². The number of ether oxygens (including phenoxy) is 3. The molecule has 12 nitrogen and oxygen atoms in total. The maximum atomic E-state index is 14.0. The largest absolute Gasteiger partial charge is 0.488 e. The highest BCUT2D eigenvalue weighted by Crippen LogP contribution is 2.50. The van der Waals surface area contributed by atoms with Crippen LogP contribution < -0.4 is 14.8 Å². The van der Waals surface area contributed by atoms with Crippen molar-refractivity contribution in [3.8, 4) is 45.1 Å². The van der Waals surface area contributed by atoms with Gasteiger partial charge in [0.25, 0.3) is 0 Å². The van der Waals surface area contributed by atoms with E-state index in [9.17, 15) is 9.59 Å². The van der Waals surface area contributed by atoms with Crippen LogP contribution in [0.2, 0.25) is 0 Å². The van der Waals surface area contributed by atoms with Crippen LogP contribution in [0.25, 0.3) is 33.6 Å². The summed E-state index contributed by atoms with van der Waals surface area (Å²) in [6.07, 6.45) is 5.68. The van der Waals surface area contributed by atoms with Gasteiger partial charge < -0.3 is 34.4 Å². The molecule has 2 aliphatic heterocycles. The molecule has 0 aliphatic carbocycles. The second-order valence-electron chi connectivity index (χ2n) is 13.7. The number of methoxy groups -OCH3 is 1. The molecule has 0 unspecified atom stereocenters. The molecule has 12 heteroatoms. The Labute approximate surface area is 309 Å². The molecule has 3 aromatic carbocycles. The highest BCUT2D eigenvalue weighted by molar-refractivity contribution is 5.89. The van der Waals surface area contributed by atoms with E-state index in [1.54, 1.807) is 18.2 Å². The van der Waals surface area contributed by atoms with Gasteiger partial charge >= 0.3 is 0 Å². The number of hydrogen-bond acceptors (Lipinski definition) is 8. The summed E-state index contributed by atoms with van der Waals surface area (Å²) < 4.78 is 17.9. The molecule has 7 rings (SSSR count). The number of nitrogens with zero attached hydrogens (tertiary/aromatic N) is 4. The van der Waals surface area contributed by atoms with Gasteiger partial charge in [0.1, 0.15) is 42.4 Å². The van der Waals surface area contributed by atoms with Crippen molar-refractivity contribution in [1.82, 2.24) is 35.1 Å². The van der Waals surface area contributed by atoms with E-state index in [4.69, 9.17) is 14.2 Å². The molecule has 2 amide bonds. The number of benzene rings is 3. The van der Waals surface area contributed by atoms with Crippen molar-refractivity contribution in [2.75, 3.05) is 33.9 Å². The molecule has 2 aliphatic rings. The minimum absolute atomic E-state index is 0.164. The van der Waals surface area contributed by atoms with Gasteiger partial charge in [0.2, 0.25) is 11.8 Å². The monoisotopic (exact) mass is 717 g/mol. The maximum absolute atomic E-state index is 14.0. The minimum atomic E-state index is -0.828. The lowest BCUT2D eigenvalue weighted by Crippen LogP contribution is -2.43. The second kappa shape index (κ2) is 16.1. The van der Waals surface area contributed by atoms with E-state index in [1.165, 1.54) is 0 Å². The van der Waals surface area contributed by atoms with Gasteiger partial charge in [0.15, 0.2) is 0 Å². The zero-order valence-electron chi connectivity index (χ0n) is 30.8. The topological polar surface area (TPSA) is 138 Å². The van der Waals surface area contributed by atoms with Crippen molar-refractivity contribution >= 4 is 11.8 Å². The molecule has 3 N–H and O–H groups in total. The van der Waals surface area contributed by atoms with Crippen molar-refractivity contribution in [2.45, 2.75) is 65.5 Å². The summed E-state index contributed by atoms with van der Waals surface area (Å²) in [5, 5.41) is 2.93. The molecule has 276 valence electrons. The van der Waals surface area contributed by atoms with Gasteiger partial charge in [-0.2, -0.15) is 0 Å². The zero-order chi connectivity index (χ0) is 36.9. The molecule has 0 saturated carbocycles. The molecule has 0 spiro atoms. The number of H-pyrrole nitrogens is 2. The quantitative estimate of drug-likeness (QED) is 0.107. The Kier molecular flexibility index (Phi) is 10.9. The molecule has 0 radical (unpaired) electrons. The lowest BCUT2D eigenvalue weighted by molar-refractivity contribution is -0.137. The van der Waals surface area contributed by atoms with E-state index in [0.29, 0.717) is 25.6 Å².